The van der Waals surface area contributed by atoms with Gasteiger partial charge in [-0.15, -0.1) is 0 Å². The lowest BCUT2D eigenvalue weighted by Crippen LogP contribution is -2.28. The minimum Gasteiger partial charge on any atom is -0.496 e. The van der Waals surface area contributed by atoms with Crippen LogP contribution in [0.3, 0.4) is 0 Å². The van der Waals surface area contributed by atoms with E-state index in [0.717, 1.165) is 34.6 Å². The quantitative estimate of drug-likeness (QED) is 0.865. The Labute approximate surface area is 143 Å². The maximum absolute atomic E-state index is 12.6. The smallest absolute Gasteiger partial charge is 0.251 e. The Morgan fingerprint density at radius 1 is 1.00 bits per heavy atom. The number of ether oxygens (including phenoxy) is 2. The molecule has 1 N–H and O–H groups in total. The molecule has 0 bridgehead atoms. The third-order valence-electron chi connectivity index (χ3n) is 4.19. The van der Waals surface area contributed by atoms with E-state index in [2.05, 4.69) is 18.3 Å². The van der Waals surface area contributed by atoms with Crippen molar-refractivity contribution < 1.29 is 14.3 Å². The van der Waals surface area contributed by atoms with E-state index in [-0.39, 0.29) is 11.9 Å². The van der Waals surface area contributed by atoms with E-state index < -0.39 is 0 Å². The molecule has 0 saturated heterocycles. The minimum atomic E-state index is -0.0823. The number of benzene rings is 2. The van der Waals surface area contributed by atoms with Crippen molar-refractivity contribution in [3.8, 4) is 11.5 Å². The van der Waals surface area contributed by atoms with Gasteiger partial charge in [-0.1, -0.05) is 19.1 Å². The molecule has 2 aromatic rings. The molecule has 2 aromatic carbocycles. The molecule has 24 heavy (non-hydrogen) atoms. The number of nitrogens with one attached hydrogen (secondary N) is 1. The Kier molecular flexibility index (Phi) is 5.85. The Balaban J connectivity index is 2.19. The summed E-state index contributed by atoms with van der Waals surface area (Å²) in [6.07, 6.45) is 0.812. The number of amides is 1. The normalized spacial score (nSPS) is 11.7. The number of aryl methyl sites for hydroxylation is 2. The zero-order chi connectivity index (χ0) is 17.7. The van der Waals surface area contributed by atoms with Crippen LogP contribution in [-0.2, 0) is 0 Å². The zero-order valence-corrected chi connectivity index (χ0v) is 15.0. The fourth-order valence-electron chi connectivity index (χ4n) is 2.80. The van der Waals surface area contributed by atoms with Gasteiger partial charge in [0.2, 0.25) is 0 Å². The molecule has 0 aliphatic rings. The fourth-order valence-corrected chi connectivity index (χ4v) is 2.80. The Morgan fingerprint density at radius 2 is 1.58 bits per heavy atom. The van der Waals surface area contributed by atoms with Gasteiger partial charge in [0.05, 0.1) is 20.3 Å². The second-order valence-electron chi connectivity index (χ2n) is 5.85. The Hall–Kier alpha value is -2.49. The zero-order valence-electron chi connectivity index (χ0n) is 15.0. The molecule has 128 valence electrons. The summed E-state index contributed by atoms with van der Waals surface area (Å²) >= 11 is 0. The monoisotopic (exact) mass is 327 g/mol. The second kappa shape index (κ2) is 7.86. The van der Waals surface area contributed by atoms with Crippen molar-refractivity contribution in [2.75, 3.05) is 14.2 Å². The van der Waals surface area contributed by atoms with Gasteiger partial charge in [0.1, 0.15) is 11.5 Å². The number of hydrogen-bond acceptors (Lipinski definition) is 3. The van der Waals surface area contributed by atoms with Gasteiger partial charge in [-0.2, -0.15) is 0 Å². The summed E-state index contributed by atoms with van der Waals surface area (Å²) in [5, 5.41) is 3.11. The maximum atomic E-state index is 12.6. The number of carbonyl (C=O) groups is 1. The predicted octanol–water partition coefficient (Wildman–Crippen LogP) is 4.20. The standard InChI is InChI=1S/C20H25NO3/c1-6-17(15-7-9-18(23-4)13(2)11-15)21-20(22)16-8-10-19(24-5)14(3)12-16/h7-12,17H,6H2,1-5H3,(H,21,22)/t17-/m0/s1. The topological polar surface area (TPSA) is 47.6 Å². The highest BCUT2D eigenvalue weighted by Crippen LogP contribution is 2.25. The van der Waals surface area contributed by atoms with E-state index in [1.165, 1.54) is 0 Å². The molecule has 0 aromatic heterocycles. The number of rotatable bonds is 6. The summed E-state index contributed by atoms with van der Waals surface area (Å²) in [4.78, 5) is 12.6. The van der Waals surface area contributed by atoms with Crippen molar-refractivity contribution in [3.05, 3.63) is 58.7 Å². The lowest BCUT2D eigenvalue weighted by atomic mass is 10.0. The van der Waals surface area contributed by atoms with Gasteiger partial charge in [-0.05, 0) is 61.2 Å². The van der Waals surface area contributed by atoms with E-state index in [4.69, 9.17) is 9.47 Å². The van der Waals surface area contributed by atoms with Gasteiger partial charge >= 0.3 is 0 Å². The summed E-state index contributed by atoms with van der Waals surface area (Å²) in [7, 11) is 3.29. The van der Waals surface area contributed by atoms with Crippen LogP contribution in [0.5, 0.6) is 11.5 Å². The lowest BCUT2D eigenvalue weighted by molar-refractivity contribution is 0.0935. The minimum absolute atomic E-state index is 0.0375. The molecule has 1 amide bonds. The van der Waals surface area contributed by atoms with Crippen molar-refractivity contribution >= 4 is 5.91 Å². The van der Waals surface area contributed by atoms with Crippen LogP contribution in [0.15, 0.2) is 36.4 Å². The molecule has 0 heterocycles. The summed E-state index contributed by atoms with van der Waals surface area (Å²) < 4.78 is 10.5. The van der Waals surface area contributed by atoms with Crippen LogP contribution in [0.2, 0.25) is 0 Å². The fraction of sp³-hybridized carbons (Fsp3) is 0.350. The largest absolute Gasteiger partial charge is 0.496 e. The van der Waals surface area contributed by atoms with Gasteiger partial charge in [0.15, 0.2) is 0 Å². The highest BCUT2D eigenvalue weighted by Gasteiger charge is 2.16. The van der Waals surface area contributed by atoms with Crippen LogP contribution in [0.25, 0.3) is 0 Å². The first-order valence-corrected chi connectivity index (χ1v) is 8.10. The molecule has 4 heteroatoms. The van der Waals surface area contributed by atoms with E-state index in [1.54, 1.807) is 20.3 Å². The SMILES string of the molecule is CC[C@H](NC(=O)c1ccc(OC)c(C)c1)c1ccc(OC)c(C)c1. The molecule has 1 atom stereocenters. The first-order chi connectivity index (χ1) is 11.5. The Bertz CT molecular complexity index is 725. The molecular formula is C20H25NO3. The van der Waals surface area contributed by atoms with Crippen LogP contribution in [-0.4, -0.2) is 20.1 Å². The summed E-state index contributed by atoms with van der Waals surface area (Å²) in [5.74, 6) is 1.55. The van der Waals surface area contributed by atoms with Crippen molar-refractivity contribution in [2.24, 2.45) is 0 Å². The van der Waals surface area contributed by atoms with Crippen LogP contribution in [0.1, 0.15) is 46.4 Å². The van der Waals surface area contributed by atoms with Gasteiger partial charge < -0.3 is 14.8 Å². The molecule has 0 saturated carbocycles. The Morgan fingerprint density at radius 3 is 2.08 bits per heavy atom. The summed E-state index contributed by atoms with van der Waals surface area (Å²) in [6.45, 7) is 5.99. The molecule has 0 aliphatic heterocycles. The van der Waals surface area contributed by atoms with E-state index in [9.17, 15) is 4.79 Å². The van der Waals surface area contributed by atoms with Crippen LogP contribution in [0, 0.1) is 13.8 Å². The molecule has 0 aliphatic carbocycles. The van der Waals surface area contributed by atoms with Gasteiger partial charge in [-0.25, -0.2) is 0 Å². The van der Waals surface area contributed by atoms with E-state index >= 15 is 0 Å². The third-order valence-corrected chi connectivity index (χ3v) is 4.19. The summed E-state index contributed by atoms with van der Waals surface area (Å²) in [6, 6.07) is 11.4. The van der Waals surface area contributed by atoms with Crippen molar-refractivity contribution in [1.29, 1.82) is 0 Å². The molecule has 0 radical (unpaired) electrons. The third kappa shape index (κ3) is 3.88. The molecule has 2 rings (SSSR count). The van der Waals surface area contributed by atoms with Crippen LogP contribution < -0.4 is 14.8 Å². The van der Waals surface area contributed by atoms with Crippen molar-refractivity contribution in [1.82, 2.24) is 5.32 Å². The molecule has 0 spiro atoms. The van der Waals surface area contributed by atoms with Crippen molar-refractivity contribution in [3.63, 3.8) is 0 Å². The average molecular weight is 327 g/mol. The van der Waals surface area contributed by atoms with Gasteiger partial charge in [0.25, 0.3) is 5.91 Å². The lowest BCUT2D eigenvalue weighted by Gasteiger charge is -2.19. The van der Waals surface area contributed by atoms with Crippen LogP contribution >= 0.6 is 0 Å². The first-order valence-electron chi connectivity index (χ1n) is 8.10. The highest BCUT2D eigenvalue weighted by molar-refractivity contribution is 5.94. The summed E-state index contributed by atoms with van der Waals surface area (Å²) in [5.41, 5.74) is 3.72. The molecule has 4 nitrogen and oxygen atoms in total. The molecular weight excluding hydrogens is 302 g/mol. The second-order valence-corrected chi connectivity index (χ2v) is 5.85. The number of methoxy groups -OCH3 is 2. The van der Waals surface area contributed by atoms with Gasteiger partial charge in [0, 0.05) is 5.56 Å². The number of carbonyl (C=O) groups excluding carboxylic acids is 1. The molecule has 0 fully saturated rings. The first kappa shape index (κ1) is 17.9. The average Bonchev–Trinajstić information content (AvgIpc) is 2.59. The predicted molar refractivity (Wildman–Crippen MR) is 96.0 cm³/mol. The molecule has 0 unspecified atom stereocenters. The van der Waals surface area contributed by atoms with Gasteiger partial charge in [-0.3, -0.25) is 4.79 Å². The maximum Gasteiger partial charge on any atom is 0.251 e. The number of hydrogen-bond donors (Lipinski definition) is 1. The van der Waals surface area contributed by atoms with Crippen LogP contribution in [0.4, 0.5) is 0 Å². The highest BCUT2D eigenvalue weighted by atomic mass is 16.5. The van der Waals surface area contributed by atoms with E-state index in [0.29, 0.717) is 5.56 Å². The van der Waals surface area contributed by atoms with Crippen molar-refractivity contribution in [2.45, 2.75) is 33.2 Å². The van der Waals surface area contributed by atoms with E-state index in [1.807, 2.05) is 38.1 Å².